The van der Waals surface area contributed by atoms with Crippen LogP contribution in [0.1, 0.15) is 23.6 Å². The molecular weight excluding hydrogens is 345 g/mol. The van der Waals surface area contributed by atoms with Gasteiger partial charge in [-0.2, -0.15) is 0 Å². The van der Waals surface area contributed by atoms with E-state index in [1.54, 1.807) is 19.2 Å². The monoisotopic (exact) mass is 373 g/mol. The molecule has 0 bridgehead atoms. The Balaban J connectivity index is 2.06. The summed E-state index contributed by atoms with van der Waals surface area (Å²) in [6, 6.07) is 12.8. The molecule has 2 N–H and O–H groups in total. The van der Waals surface area contributed by atoms with Crippen LogP contribution in [0.5, 0.6) is 5.75 Å². The summed E-state index contributed by atoms with van der Waals surface area (Å²) in [5.41, 5.74) is 2.71. The SMILES string of the molecule is CCNC(=NCc1ccc(C)cc1OCCOC)NCc1ccccc1F. The highest BCUT2D eigenvalue weighted by Crippen LogP contribution is 2.21. The number of hydrogen-bond donors (Lipinski definition) is 2. The maximum Gasteiger partial charge on any atom is 0.191 e. The molecule has 146 valence electrons. The second kappa shape index (κ2) is 11.2. The first kappa shape index (κ1) is 20.7. The van der Waals surface area contributed by atoms with Gasteiger partial charge in [-0.05, 0) is 31.5 Å². The zero-order valence-corrected chi connectivity index (χ0v) is 16.2. The lowest BCUT2D eigenvalue weighted by molar-refractivity contribution is 0.145. The molecule has 0 atom stereocenters. The Labute approximate surface area is 160 Å². The second-order valence-electron chi connectivity index (χ2n) is 6.09. The number of nitrogens with one attached hydrogen (secondary N) is 2. The fourth-order valence-electron chi connectivity index (χ4n) is 2.49. The Hall–Kier alpha value is -2.60. The van der Waals surface area contributed by atoms with Crippen molar-refractivity contribution in [1.29, 1.82) is 0 Å². The van der Waals surface area contributed by atoms with E-state index >= 15 is 0 Å². The van der Waals surface area contributed by atoms with Gasteiger partial charge in [-0.25, -0.2) is 9.38 Å². The van der Waals surface area contributed by atoms with Crippen molar-refractivity contribution < 1.29 is 13.9 Å². The van der Waals surface area contributed by atoms with Crippen LogP contribution in [0.2, 0.25) is 0 Å². The van der Waals surface area contributed by atoms with Gasteiger partial charge in [-0.1, -0.05) is 30.3 Å². The highest BCUT2D eigenvalue weighted by Gasteiger charge is 2.06. The van der Waals surface area contributed by atoms with Crippen molar-refractivity contribution in [2.24, 2.45) is 4.99 Å². The molecule has 0 saturated carbocycles. The van der Waals surface area contributed by atoms with Crippen molar-refractivity contribution in [3.8, 4) is 5.75 Å². The van der Waals surface area contributed by atoms with Crippen LogP contribution in [0.15, 0.2) is 47.5 Å². The van der Waals surface area contributed by atoms with Crippen LogP contribution < -0.4 is 15.4 Å². The summed E-state index contributed by atoms with van der Waals surface area (Å²) in [4.78, 5) is 4.61. The maximum atomic E-state index is 13.8. The van der Waals surface area contributed by atoms with Crippen molar-refractivity contribution in [2.45, 2.75) is 26.9 Å². The minimum absolute atomic E-state index is 0.229. The molecule has 0 unspecified atom stereocenters. The molecule has 0 saturated heterocycles. The summed E-state index contributed by atoms with van der Waals surface area (Å²) < 4.78 is 24.6. The van der Waals surface area contributed by atoms with E-state index in [4.69, 9.17) is 9.47 Å². The average Bonchev–Trinajstić information content (AvgIpc) is 2.66. The third-order valence-electron chi connectivity index (χ3n) is 3.92. The van der Waals surface area contributed by atoms with Crippen molar-refractivity contribution in [3.05, 3.63) is 65.0 Å². The van der Waals surface area contributed by atoms with E-state index in [9.17, 15) is 4.39 Å². The molecule has 2 aromatic carbocycles. The van der Waals surface area contributed by atoms with Crippen molar-refractivity contribution in [3.63, 3.8) is 0 Å². The number of methoxy groups -OCH3 is 1. The number of rotatable bonds is 9. The first-order chi connectivity index (χ1) is 13.1. The minimum Gasteiger partial charge on any atom is -0.491 e. The smallest absolute Gasteiger partial charge is 0.191 e. The lowest BCUT2D eigenvalue weighted by atomic mass is 10.1. The van der Waals surface area contributed by atoms with E-state index in [0.717, 1.165) is 16.9 Å². The lowest BCUT2D eigenvalue weighted by Crippen LogP contribution is -2.37. The number of aliphatic imine (C=N–C) groups is 1. The van der Waals surface area contributed by atoms with Crippen LogP contribution in [0, 0.1) is 12.7 Å². The van der Waals surface area contributed by atoms with Gasteiger partial charge in [0, 0.05) is 31.3 Å². The molecule has 2 rings (SSSR count). The highest BCUT2D eigenvalue weighted by atomic mass is 19.1. The topological polar surface area (TPSA) is 54.9 Å². The molecule has 0 fully saturated rings. The van der Waals surface area contributed by atoms with E-state index < -0.39 is 0 Å². The third kappa shape index (κ3) is 6.90. The predicted octanol–water partition coefficient (Wildman–Crippen LogP) is 3.41. The van der Waals surface area contributed by atoms with Gasteiger partial charge in [0.25, 0.3) is 0 Å². The number of benzene rings is 2. The van der Waals surface area contributed by atoms with Gasteiger partial charge in [-0.15, -0.1) is 0 Å². The average molecular weight is 373 g/mol. The van der Waals surface area contributed by atoms with Crippen molar-refractivity contribution in [1.82, 2.24) is 10.6 Å². The number of halogens is 1. The standard InChI is InChI=1S/C21H28FN3O2/c1-4-23-21(24-14-17-7-5-6-8-19(17)22)25-15-18-10-9-16(2)13-20(18)27-12-11-26-3/h5-10,13H,4,11-12,14-15H2,1-3H3,(H2,23,24,25). The van der Waals surface area contributed by atoms with Crippen molar-refractivity contribution in [2.75, 3.05) is 26.9 Å². The van der Waals surface area contributed by atoms with E-state index in [1.807, 2.05) is 38.1 Å². The molecule has 0 aliphatic rings. The molecule has 5 nitrogen and oxygen atoms in total. The first-order valence-electron chi connectivity index (χ1n) is 9.11. The molecule has 0 aromatic heterocycles. The van der Waals surface area contributed by atoms with E-state index in [1.165, 1.54) is 6.07 Å². The normalized spacial score (nSPS) is 11.3. The zero-order valence-electron chi connectivity index (χ0n) is 16.2. The van der Waals surface area contributed by atoms with E-state index in [0.29, 0.717) is 44.4 Å². The quantitative estimate of drug-likeness (QED) is 0.402. The van der Waals surface area contributed by atoms with Crippen LogP contribution in [0.3, 0.4) is 0 Å². The molecule has 27 heavy (non-hydrogen) atoms. The van der Waals surface area contributed by atoms with Gasteiger partial charge >= 0.3 is 0 Å². The van der Waals surface area contributed by atoms with E-state index in [-0.39, 0.29) is 5.82 Å². The van der Waals surface area contributed by atoms with Gasteiger partial charge in [0.1, 0.15) is 18.2 Å². The maximum absolute atomic E-state index is 13.8. The number of nitrogens with zero attached hydrogens (tertiary/aromatic N) is 1. The second-order valence-corrected chi connectivity index (χ2v) is 6.09. The van der Waals surface area contributed by atoms with Gasteiger partial charge in [-0.3, -0.25) is 0 Å². The van der Waals surface area contributed by atoms with Crippen LogP contribution >= 0.6 is 0 Å². The fraction of sp³-hybridized carbons (Fsp3) is 0.381. The molecule has 0 heterocycles. The van der Waals surface area contributed by atoms with Crippen LogP contribution in [-0.2, 0) is 17.8 Å². The number of hydrogen-bond acceptors (Lipinski definition) is 3. The van der Waals surface area contributed by atoms with Gasteiger partial charge in [0.2, 0.25) is 0 Å². The summed E-state index contributed by atoms with van der Waals surface area (Å²) in [6.45, 7) is 6.57. The number of aryl methyl sites for hydroxylation is 1. The molecule has 0 amide bonds. The van der Waals surface area contributed by atoms with Crippen LogP contribution in [-0.4, -0.2) is 32.8 Å². The van der Waals surface area contributed by atoms with Gasteiger partial charge in [0.05, 0.1) is 13.2 Å². The van der Waals surface area contributed by atoms with Gasteiger partial charge < -0.3 is 20.1 Å². The Morgan fingerprint density at radius 3 is 2.63 bits per heavy atom. The zero-order chi connectivity index (χ0) is 19.5. The number of ether oxygens (including phenoxy) is 2. The molecule has 0 spiro atoms. The molecule has 0 aliphatic heterocycles. The number of guanidine groups is 1. The van der Waals surface area contributed by atoms with Crippen LogP contribution in [0.4, 0.5) is 4.39 Å². The molecular formula is C21H28FN3O2. The molecule has 0 aliphatic carbocycles. The Morgan fingerprint density at radius 1 is 1.07 bits per heavy atom. The van der Waals surface area contributed by atoms with E-state index in [2.05, 4.69) is 15.6 Å². The summed E-state index contributed by atoms with van der Waals surface area (Å²) in [5.74, 6) is 1.21. The van der Waals surface area contributed by atoms with Gasteiger partial charge in [0.15, 0.2) is 5.96 Å². The third-order valence-corrected chi connectivity index (χ3v) is 3.92. The Morgan fingerprint density at radius 2 is 1.89 bits per heavy atom. The highest BCUT2D eigenvalue weighted by molar-refractivity contribution is 5.79. The minimum atomic E-state index is -0.229. The summed E-state index contributed by atoms with van der Waals surface area (Å²) in [5, 5.41) is 6.35. The first-order valence-corrected chi connectivity index (χ1v) is 9.11. The summed E-state index contributed by atoms with van der Waals surface area (Å²) in [7, 11) is 1.65. The Bertz CT molecular complexity index is 750. The summed E-state index contributed by atoms with van der Waals surface area (Å²) in [6.07, 6.45) is 0. The predicted molar refractivity (Wildman–Crippen MR) is 107 cm³/mol. The molecule has 6 heteroatoms. The Kier molecular flexibility index (Phi) is 8.58. The molecule has 0 radical (unpaired) electrons. The lowest BCUT2D eigenvalue weighted by Gasteiger charge is -2.14. The fourth-order valence-corrected chi connectivity index (χ4v) is 2.49. The van der Waals surface area contributed by atoms with Crippen molar-refractivity contribution >= 4 is 5.96 Å². The molecule has 2 aromatic rings. The summed E-state index contributed by atoms with van der Waals surface area (Å²) >= 11 is 0. The largest absolute Gasteiger partial charge is 0.491 e. The van der Waals surface area contributed by atoms with Crippen LogP contribution in [0.25, 0.3) is 0 Å².